The quantitative estimate of drug-likeness (QED) is 0.578. The molecule has 2 aromatic carbocycles. The van der Waals surface area contributed by atoms with Gasteiger partial charge in [0.15, 0.2) is 0 Å². The summed E-state index contributed by atoms with van der Waals surface area (Å²) in [7, 11) is 0. The maximum Gasteiger partial charge on any atom is 0.336 e. The third kappa shape index (κ3) is 4.57. The smallest absolute Gasteiger partial charge is 0.336 e. The number of rotatable bonds is 5. The van der Waals surface area contributed by atoms with Gasteiger partial charge >= 0.3 is 5.63 Å². The highest BCUT2D eigenvalue weighted by Gasteiger charge is 2.19. The summed E-state index contributed by atoms with van der Waals surface area (Å²) in [5, 5.41) is 10.6. The van der Waals surface area contributed by atoms with Crippen LogP contribution < -0.4 is 5.63 Å². The van der Waals surface area contributed by atoms with Crippen LogP contribution in [0.25, 0.3) is 11.0 Å². The Morgan fingerprint density at radius 1 is 1.00 bits per heavy atom. The highest BCUT2D eigenvalue weighted by Crippen LogP contribution is 2.27. The molecule has 1 aliphatic heterocycles. The Kier molecular flexibility index (Phi) is 6.19. The number of hydrogen-bond donors (Lipinski definition) is 0. The van der Waals surface area contributed by atoms with E-state index in [4.69, 9.17) is 21.3 Å². The summed E-state index contributed by atoms with van der Waals surface area (Å²) in [6.07, 6.45) is 0.796. The van der Waals surface area contributed by atoms with Crippen LogP contribution in [-0.2, 0) is 19.5 Å². The van der Waals surface area contributed by atoms with Crippen molar-refractivity contribution in [3.8, 4) is 6.07 Å². The van der Waals surface area contributed by atoms with E-state index in [0.29, 0.717) is 22.7 Å². The fourth-order valence-corrected chi connectivity index (χ4v) is 4.28. The van der Waals surface area contributed by atoms with Gasteiger partial charge in [0.05, 0.1) is 11.6 Å². The number of fused-ring (bicyclic) bond motifs is 1. The first kappa shape index (κ1) is 20.6. The Balaban J connectivity index is 1.43. The van der Waals surface area contributed by atoms with Crippen LogP contribution in [0.2, 0.25) is 5.02 Å². The third-order valence-corrected chi connectivity index (χ3v) is 6.08. The Hall–Kier alpha value is -2.65. The summed E-state index contributed by atoms with van der Waals surface area (Å²) in [6.45, 7) is 7.39. The maximum atomic E-state index is 12.1. The molecule has 0 amide bonds. The van der Waals surface area contributed by atoms with Gasteiger partial charge in [-0.15, -0.1) is 0 Å². The van der Waals surface area contributed by atoms with Crippen molar-refractivity contribution in [2.75, 3.05) is 26.2 Å². The minimum absolute atomic E-state index is 0.318. The van der Waals surface area contributed by atoms with Crippen molar-refractivity contribution in [3.05, 3.63) is 80.2 Å². The molecule has 2 heterocycles. The monoisotopic (exact) mass is 421 g/mol. The summed E-state index contributed by atoms with van der Waals surface area (Å²) in [5.41, 5.74) is 4.15. The number of piperazine rings is 1. The molecule has 0 unspecified atom stereocenters. The zero-order valence-electron chi connectivity index (χ0n) is 17.0. The summed E-state index contributed by atoms with van der Waals surface area (Å²) in [5.74, 6) is 0. The van der Waals surface area contributed by atoms with E-state index in [2.05, 4.69) is 15.9 Å². The molecule has 0 aliphatic carbocycles. The molecule has 0 bridgehead atoms. The van der Waals surface area contributed by atoms with Gasteiger partial charge in [-0.25, -0.2) is 4.79 Å². The molecule has 0 radical (unpaired) electrons. The van der Waals surface area contributed by atoms with Gasteiger partial charge in [-0.3, -0.25) is 9.80 Å². The normalized spacial score (nSPS) is 15.4. The van der Waals surface area contributed by atoms with Crippen molar-refractivity contribution >= 4 is 22.6 Å². The van der Waals surface area contributed by atoms with Crippen LogP contribution in [0.4, 0.5) is 0 Å². The summed E-state index contributed by atoms with van der Waals surface area (Å²) in [4.78, 5) is 16.9. The molecule has 0 saturated carbocycles. The second-order valence-corrected chi connectivity index (χ2v) is 8.15. The number of nitrogens with zero attached hydrogens (tertiary/aromatic N) is 3. The van der Waals surface area contributed by atoms with E-state index in [1.807, 2.05) is 43.3 Å². The highest BCUT2D eigenvalue weighted by atomic mass is 35.5. The van der Waals surface area contributed by atoms with Crippen molar-refractivity contribution in [3.63, 3.8) is 0 Å². The summed E-state index contributed by atoms with van der Waals surface area (Å²) in [6, 6.07) is 15.3. The highest BCUT2D eigenvalue weighted by molar-refractivity contribution is 6.32. The van der Waals surface area contributed by atoms with Crippen LogP contribution in [0.3, 0.4) is 0 Å². The van der Waals surface area contributed by atoms with Gasteiger partial charge in [0.2, 0.25) is 0 Å². The van der Waals surface area contributed by atoms with Crippen LogP contribution in [0, 0.1) is 11.3 Å². The molecular formula is C24H24ClN3O2. The van der Waals surface area contributed by atoms with Gasteiger partial charge in [-0.2, -0.15) is 5.26 Å². The van der Waals surface area contributed by atoms with Gasteiger partial charge in [0, 0.05) is 55.7 Å². The van der Waals surface area contributed by atoms with Gasteiger partial charge in [0.25, 0.3) is 0 Å². The molecule has 3 aromatic rings. The van der Waals surface area contributed by atoms with Crippen molar-refractivity contribution in [2.45, 2.75) is 26.4 Å². The third-order valence-electron chi connectivity index (χ3n) is 5.73. The zero-order chi connectivity index (χ0) is 21.1. The molecule has 0 spiro atoms. The SMILES string of the molecule is CCc1cc2oc(=O)cc(CN3CCN(Cc4ccc(C#N)cc4)CC3)c2cc1Cl. The number of benzene rings is 2. The molecule has 4 rings (SSSR count). The van der Waals surface area contributed by atoms with E-state index in [9.17, 15) is 4.79 Å². The maximum absolute atomic E-state index is 12.1. The van der Waals surface area contributed by atoms with E-state index in [1.54, 1.807) is 6.07 Å². The Morgan fingerprint density at radius 3 is 2.30 bits per heavy atom. The van der Waals surface area contributed by atoms with E-state index < -0.39 is 0 Å². The first-order valence-electron chi connectivity index (χ1n) is 10.2. The largest absolute Gasteiger partial charge is 0.423 e. The predicted molar refractivity (Wildman–Crippen MR) is 119 cm³/mol. The number of hydrogen-bond acceptors (Lipinski definition) is 5. The fraction of sp³-hybridized carbons (Fsp3) is 0.333. The molecule has 30 heavy (non-hydrogen) atoms. The standard InChI is InChI=1S/C24H24ClN3O2/c1-2-19-11-23-21(13-22(19)25)20(12-24(29)30-23)16-28-9-7-27(8-10-28)15-18-5-3-17(14-26)4-6-18/h3-6,11-13H,2,7-10,15-16H2,1H3. The minimum Gasteiger partial charge on any atom is -0.423 e. The van der Waals surface area contributed by atoms with Crippen LogP contribution >= 0.6 is 11.6 Å². The minimum atomic E-state index is -0.318. The van der Waals surface area contributed by atoms with Gasteiger partial charge in [-0.05, 0) is 47.4 Å². The van der Waals surface area contributed by atoms with Crippen molar-refractivity contribution in [2.24, 2.45) is 0 Å². The molecule has 5 nitrogen and oxygen atoms in total. The van der Waals surface area contributed by atoms with Crippen molar-refractivity contribution in [1.82, 2.24) is 9.80 Å². The van der Waals surface area contributed by atoms with E-state index in [-0.39, 0.29) is 5.63 Å². The molecule has 1 aromatic heterocycles. The van der Waals surface area contributed by atoms with Crippen LogP contribution in [0.5, 0.6) is 0 Å². The van der Waals surface area contributed by atoms with Crippen LogP contribution in [-0.4, -0.2) is 36.0 Å². The van der Waals surface area contributed by atoms with Crippen LogP contribution in [0.1, 0.15) is 29.2 Å². The second-order valence-electron chi connectivity index (χ2n) is 7.75. The predicted octanol–water partition coefficient (Wildman–Crippen LogP) is 4.20. The molecular weight excluding hydrogens is 398 g/mol. The fourth-order valence-electron chi connectivity index (χ4n) is 3.98. The van der Waals surface area contributed by atoms with E-state index in [0.717, 1.165) is 55.7 Å². The molecule has 1 aliphatic rings. The molecule has 6 heteroatoms. The summed E-state index contributed by atoms with van der Waals surface area (Å²) >= 11 is 6.42. The average molecular weight is 422 g/mol. The molecule has 0 N–H and O–H groups in total. The van der Waals surface area contributed by atoms with Gasteiger partial charge in [-0.1, -0.05) is 30.7 Å². The summed E-state index contributed by atoms with van der Waals surface area (Å²) < 4.78 is 5.43. The lowest BCUT2D eigenvalue weighted by Gasteiger charge is -2.34. The Morgan fingerprint density at radius 2 is 1.67 bits per heavy atom. The molecule has 0 atom stereocenters. The number of nitriles is 1. The Bertz CT molecular complexity index is 1140. The first-order chi connectivity index (χ1) is 14.6. The van der Waals surface area contributed by atoms with Gasteiger partial charge < -0.3 is 4.42 Å². The number of halogens is 1. The topological polar surface area (TPSA) is 60.5 Å². The lowest BCUT2D eigenvalue weighted by molar-refractivity contribution is 0.122. The first-order valence-corrected chi connectivity index (χ1v) is 10.6. The lowest BCUT2D eigenvalue weighted by atomic mass is 10.1. The lowest BCUT2D eigenvalue weighted by Crippen LogP contribution is -2.45. The zero-order valence-corrected chi connectivity index (χ0v) is 17.8. The van der Waals surface area contributed by atoms with E-state index in [1.165, 1.54) is 5.56 Å². The average Bonchev–Trinajstić information content (AvgIpc) is 2.75. The molecule has 154 valence electrons. The molecule has 1 fully saturated rings. The van der Waals surface area contributed by atoms with E-state index >= 15 is 0 Å². The Labute approximate surface area is 181 Å². The number of aryl methyl sites for hydroxylation is 1. The molecule has 1 saturated heterocycles. The van der Waals surface area contributed by atoms with Crippen LogP contribution in [0.15, 0.2) is 51.7 Å². The van der Waals surface area contributed by atoms with Crippen molar-refractivity contribution in [1.29, 1.82) is 5.26 Å². The van der Waals surface area contributed by atoms with Gasteiger partial charge in [0.1, 0.15) is 5.58 Å². The second kappa shape index (κ2) is 9.01. The van der Waals surface area contributed by atoms with Crippen molar-refractivity contribution < 1.29 is 4.42 Å².